The minimum Gasteiger partial charge on any atom is -0.392 e. The first-order valence-corrected chi connectivity index (χ1v) is 5.03. The van der Waals surface area contributed by atoms with Gasteiger partial charge in [-0.3, -0.25) is 0 Å². The number of hydrogen-bond acceptors (Lipinski definition) is 3. The van der Waals surface area contributed by atoms with Crippen LogP contribution in [0.3, 0.4) is 0 Å². The number of nitrogens with zero attached hydrogens (tertiary/aromatic N) is 1. The Labute approximate surface area is 79.8 Å². The van der Waals surface area contributed by atoms with Crippen molar-refractivity contribution in [2.45, 2.75) is 44.8 Å². The quantitative estimate of drug-likeness (QED) is 0.685. The molecule has 0 amide bonds. The fraction of sp³-hybridized carbons (Fsp3) is 0.900. The van der Waals surface area contributed by atoms with Crippen molar-refractivity contribution in [1.82, 2.24) is 5.32 Å². The van der Waals surface area contributed by atoms with Crippen LogP contribution >= 0.6 is 0 Å². The number of hydrogen-bond donors (Lipinski definition) is 2. The highest BCUT2D eigenvalue weighted by molar-refractivity contribution is 4.90. The SMILES string of the molecule is C[C@H](O)CNC1CCCC(C#N)C1. The van der Waals surface area contributed by atoms with Crippen LogP contribution in [0.15, 0.2) is 0 Å². The summed E-state index contributed by atoms with van der Waals surface area (Å²) in [5.41, 5.74) is 0. The van der Waals surface area contributed by atoms with Crippen LogP contribution in [0.4, 0.5) is 0 Å². The summed E-state index contributed by atoms with van der Waals surface area (Å²) in [4.78, 5) is 0. The normalized spacial score (nSPS) is 30.8. The van der Waals surface area contributed by atoms with Gasteiger partial charge in [-0.25, -0.2) is 0 Å². The minimum absolute atomic E-state index is 0.222. The summed E-state index contributed by atoms with van der Waals surface area (Å²) >= 11 is 0. The lowest BCUT2D eigenvalue weighted by atomic mass is 9.86. The molecule has 0 radical (unpaired) electrons. The van der Waals surface area contributed by atoms with Crippen LogP contribution in [0.5, 0.6) is 0 Å². The van der Waals surface area contributed by atoms with E-state index in [0.717, 1.165) is 25.7 Å². The second kappa shape index (κ2) is 5.21. The van der Waals surface area contributed by atoms with Gasteiger partial charge in [0.05, 0.1) is 12.2 Å². The molecule has 0 saturated heterocycles. The highest BCUT2D eigenvalue weighted by atomic mass is 16.3. The van der Waals surface area contributed by atoms with Gasteiger partial charge >= 0.3 is 0 Å². The van der Waals surface area contributed by atoms with E-state index in [1.54, 1.807) is 6.92 Å². The van der Waals surface area contributed by atoms with E-state index in [4.69, 9.17) is 10.4 Å². The maximum absolute atomic E-state index is 9.08. The Morgan fingerprint density at radius 2 is 2.38 bits per heavy atom. The first kappa shape index (κ1) is 10.5. The summed E-state index contributed by atoms with van der Waals surface area (Å²) in [7, 11) is 0. The van der Waals surface area contributed by atoms with Gasteiger partial charge in [0.15, 0.2) is 0 Å². The first-order chi connectivity index (χ1) is 6.22. The summed E-state index contributed by atoms with van der Waals surface area (Å²) in [6.07, 6.45) is 3.98. The van der Waals surface area contributed by atoms with Gasteiger partial charge in [-0.1, -0.05) is 6.42 Å². The number of rotatable bonds is 3. The maximum atomic E-state index is 9.08. The van der Waals surface area contributed by atoms with Gasteiger partial charge in [0.25, 0.3) is 0 Å². The molecule has 0 aliphatic heterocycles. The summed E-state index contributed by atoms with van der Waals surface area (Å²) in [6, 6.07) is 2.76. The fourth-order valence-corrected chi connectivity index (χ4v) is 1.83. The molecule has 1 aliphatic rings. The van der Waals surface area contributed by atoms with Crippen LogP contribution < -0.4 is 5.32 Å². The Hall–Kier alpha value is -0.590. The average molecular weight is 182 g/mol. The third kappa shape index (κ3) is 3.75. The largest absolute Gasteiger partial charge is 0.392 e. The predicted octanol–water partition coefficient (Wildman–Crippen LogP) is 1.04. The van der Waals surface area contributed by atoms with Crippen molar-refractivity contribution in [1.29, 1.82) is 5.26 Å². The molecule has 3 nitrogen and oxygen atoms in total. The molecule has 1 rings (SSSR count). The Morgan fingerprint density at radius 1 is 1.62 bits per heavy atom. The monoisotopic (exact) mass is 182 g/mol. The van der Waals surface area contributed by atoms with Crippen molar-refractivity contribution in [3.8, 4) is 6.07 Å². The molecule has 1 saturated carbocycles. The van der Waals surface area contributed by atoms with Crippen molar-refractivity contribution < 1.29 is 5.11 Å². The number of aliphatic hydroxyl groups is 1. The van der Waals surface area contributed by atoms with E-state index in [2.05, 4.69) is 11.4 Å². The molecular weight excluding hydrogens is 164 g/mol. The number of aliphatic hydroxyl groups excluding tert-OH is 1. The molecule has 3 heteroatoms. The van der Waals surface area contributed by atoms with Gasteiger partial charge in [0, 0.05) is 18.5 Å². The van der Waals surface area contributed by atoms with E-state index in [1.165, 1.54) is 0 Å². The summed E-state index contributed by atoms with van der Waals surface area (Å²) in [5.74, 6) is 0.222. The molecule has 0 spiro atoms. The van der Waals surface area contributed by atoms with Crippen molar-refractivity contribution in [3.63, 3.8) is 0 Å². The molecule has 74 valence electrons. The lowest BCUT2D eigenvalue weighted by Gasteiger charge is -2.26. The molecule has 1 fully saturated rings. The van der Waals surface area contributed by atoms with Crippen LogP contribution in [0.25, 0.3) is 0 Å². The third-order valence-electron chi connectivity index (χ3n) is 2.56. The zero-order chi connectivity index (χ0) is 9.68. The van der Waals surface area contributed by atoms with Gasteiger partial charge in [0.1, 0.15) is 0 Å². The van der Waals surface area contributed by atoms with Crippen LogP contribution in [-0.4, -0.2) is 23.8 Å². The molecule has 0 aromatic heterocycles. The summed E-state index contributed by atoms with van der Waals surface area (Å²) < 4.78 is 0. The second-order valence-corrected chi connectivity index (χ2v) is 3.95. The van der Waals surface area contributed by atoms with E-state index >= 15 is 0 Å². The van der Waals surface area contributed by atoms with Crippen molar-refractivity contribution in [3.05, 3.63) is 0 Å². The molecule has 0 bridgehead atoms. The maximum Gasteiger partial charge on any atom is 0.0656 e. The summed E-state index contributed by atoms with van der Waals surface area (Å²) in [6.45, 7) is 2.42. The number of nitriles is 1. The lowest BCUT2D eigenvalue weighted by molar-refractivity contribution is 0.179. The van der Waals surface area contributed by atoms with E-state index in [0.29, 0.717) is 12.6 Å². The Bertz CT molecular complexity index is 186. The van der Waals surface area contributed by atoms with Crippen LogP contribution in [-0.2, 0) is 0 Å². The predicted molar refractivity (Wildman–Crippen MR) is 51.0 cm³/mol. The zero-order valence-electron chi connectivity index (χ0n) is 8.16. The van der Waals surface area contributed by atoms with Crippen molar-refractivity contribution in [2.24, 2.45) is 5.92 Å². The second-order valence-electron chi connectivity index (χ2n) is 3.95. The third-order valence-corrected chi connectivity index (χ3v) is 2.56. The zero-order valence-corrected chi connectivity index (χ0v) is 8.16. The molecule has 0 aromatic rings. The minimum atomic E-state index is -0.289. The van der Waals surface area contributed by atoms with E-state index in [1.807, 2.05) is 0 Å². The fourth-order valence-electron chi connectivity index (χ4n) is 1.83. The van der Waals surface area contributed by atoms with Crippen molar-refractivity contribution >= 4 is 0 Å². The molecule has 0 aromatic carbocycles. The van der Waals surface area contributed by atoms with Crippen molar-refractivity contribution in [2.75, 3.05) is 6.54 Å². The Morgan fingerprint density at radius 3 is 3.00 bits per heavy atom. The Balaban J connectivity index is 2.23. The standard InChI is InChI=1S/C10H18N2O/c1-8(13)7-12-10-4-2-3-9(5-10)6-11/h8-10,12-13H,2-5,7H2,1H3/t8-,9?,10?/m0/s1. The van der Waals surface area contributed by atoms with Gasteiger partial charge in [-0.05, 0) is 26.2 Å². The van der Waals surface area contributed by atoms with E-state index in [9.17, 15) is 0 Å². The van der Waals surface area contributed by atoms with Crippen LogP contribution in [0.1, 0.15) is 32.6 Å². The highest BCUT2D eigenvalue weighted by Crippen LogP contribution is 2.23. The molecule has 2 unspecified atom stereocenters. The first-order valence-electron chi connectivity index (χ1n) is 5.03. The van der Waals surface area contributed by atoms with Gasteiger partial charge < -0.3 is 10.4 Å². The lowest BCUT2D eigenvalue weighted by Crippen LogP contribution is -2.37. The van der Waals surface area contributed by atoms with Gasteiger partial charge in [-0.15, -0.1) is 0 Å². The van der Waals surface area contributed by atoms with E-state index in [-0.39, 0.29) is 12.0 Å². The number of nitrogens with one attached hydrogen (secondary N) is 1. The smallest absolute Gasteiger partial charge is 0.0656 e. The molecule has 3 atom stereocenters. The molecule has 0 heterocycles. The highest BCUT2D eigenvalue weighted by Gasteiger charge is 2.21. The van der Waals surface area contributed by atoms with Gasteiger partial charge in [0.2, 0.25) is 0 Å². The van der Waals surface area contributed by atoms with E-state index < -0.39 is 0 Å². The molecule has 1 aliphatic carbocycles. The summed E-state index contributed by atoms with van der Waals surface area (Å²) in [5, 5.41) is 21.1. The average Bonchev–Trinajstić information content (AvgIpc) is 2.15. The molecule has 13 heavy (non-hydrogen) atoms. The molecule has 2 N–H and O–H groups in total. The molecular formula is C10H18N2O. The Kier molecular flexibility index (Phi) is 4.20. The topological polar surface area (TPSA) is 56.0 Å². The van der Waals surface area contributed by atoms with Gasteiger partial charge in [-0.2, -0.15) is 5.26 Å². The van der Waals surface area contributed by atoms with Crippen LogP contribution in [0, 0.1) is 17.2 Å². The van der Waals surface area contributed by atoms with Crippen LogP contribution in [0.2, 0.25) is 0 Å².